The highest BCUT2D eigenvalue weighted by Gasteiger charge is 2.17. The Hall–Kier alpha value is -0.0800. The summed E-state index contributed by atoms with van der Waals surface area (Å²) in [7, 11) is 0. The van der Waals surface area contributed by atoms with Crippen LogP contribution in [0.3, 0.4) is 0 Å². The van der Waals surface area contributed by atoms with Gasteiger partial charge in [-0.25, -0.2) is 0 Å². The van der Waals surface area contributed by atoms with Crippen LogP contribution in [0.5, 0.6) is 0 Å². The Bertz CT molecular complexity index is 57.1. The van der Waals surface area contributed by atoms with E-state index in [-0.39, 0.29) is 6.04 Å². The van der Waals surface area contributed by atoms with Gasteiger partial charge in [0.1, 0.15) is 6.61 Å². The van der Waals surface area contributed by atoms with Crippen LogP contribution in [0, 0.1) is 6.61 Å². The monoisotopic (exact) mass is 100 g/mol. The minimum absolute atomic E-state index is 0.176. The smallest absolute Gasteiger partial charge is 0.101 e. The molecule has 0 aromatic heterocycles. The Morgan fingerprint density at radius 2 is 2.57 bits per heavy atom. The summed E-state index contributed by atoms with van der Waals surface area (Å²) in [5.41, 5.74) is 5.44. The van der Waals surface area contributed by atoms with E-state index in [1.165, 1.54) is 0 Å². The molecule has 0 aromatic rings. The van der Waals surface area contributed by atoms with Crippen LogP contribution in [0.25, 0.3) is 0 Å². The Kier molecular flexibility index (Phi) is 1.30. The molecule has 0 saturated carbocycles. The second-order valence-corrected chi connectivity index (χ2v) is 1.98. The lowest BCUT2D eigenvalue weighted by atomic mass is 10.2. The van der Waals surface area contributed by atoms with E-state index in [2.05, 4.69) is 0 Å². The van der Waals surface area contributed by atoms with E-state index in [1.807, 2.05) is 6.92 Å². The van der Waals surface area contributed by atoms with Crippen LogP contribution in [0.2, 0.25) is 0 Å². The SMILES string of the molecule is CC1CC(N)[CH]O1. The lowest BCUT2D eigenvalue weighted by Crippen LogP contribution is -2.15. The predicted octanol–water partition coefficient (Wildman–Crippen LogP) is 0.284. The maximum absolute atomic E-state index is 5.44. The lowest BCUT2D eigenvalue weighted by Gasteiger charge is -1.94. The first-order chi connectivity index (χ1) is 3.29. The molecule has 1 heterocycles. The summed E-state index contributed by atoms with van der Waals surface area (Å²) < 4.78 is 5.02. The molecule has 1 saturated heterocycles. The molecule has 1 radical (unpaired) electrons. The van der Waals surface area contributed by atoms with Gasteiger partial charge in [0.05, 0.1) is 6.10 Å². The van der Waals surface area contributed by atoms with Gasteiger partial charge in [0, 0.05) is 6.04 Å². The topological polar surface area (TPSA) is 35.2 Å². The summed E-state index contributed by atoms with van der Waals surface area (Å²) >= 11 is 0. The molecule has 0 aliphatic carbocycles. The van der Waals surface area contributed by atoms with Crippen molar-refractivity contribution in [1.82, 2.24) is 0 Å². The zero-order valence-corrected chi connectivity index (χ0v) is 4.42. The van der Waals surface area contributed by atoms with Gasteiger partial charge in [-0.15, -0.1) is 0 Å². The van der Waals surface area contributed by atoms with E-state index < -0.39 is 0 Å². The molecule has 0 aromatic carbocycles. The highest BCUT2D eigenvalue weighted by Crippen LogP contribution is 2.12. The van der Waals surface area contributed by atoms with Gasteiger partial charge in [-0.05, 0) is 13.3 Å². The van der Waals surface area contributed by atoms with Gasteiger partial charge in [0.2, 0.25) is 0 Å². The Balaban J connectivity index is 2.26. The maximum atomic E-state index is 5.44. The van der Waals surface area contributed by atoms with Crippen molar-refractivity contribution < 1.29 is 4.74 Å². The zero-order chi connectivity index (χ0) is 5.28. The van der Waals surface area contributed by atoms with E-state index in [1.54, 1.807) is 6.61 Å². The largest absolute Gasteiger partial charge is 0.371 e. The highest BCUT2D eigenvalue weighted by molar-refractivity contribution is 4.81. The number of hydrogen-bond donors (Lipinski definition) is 1. The van der Waals surface area contributed by atoms with Gasteiger partial charge < -0.3 is 10.5 Å². The maximum Gasteiger partial charge on any atom is 0.101 e. The summed E-state index contributed by atoms with van der Waals surface area (Å²) in [6.45, 7) is 3.72. The van der Waals surface area contributed by atoms with Crippen LogP contribution in [-0.4, -0.2) is 12.1 Å². The second kappa shape index (κ2) is 1.80. The summed E-state index contributed by atoms with van der Waals surface area (Å²) in [5, 5.41) is 0. The van der Waals surface area contributed by atoms with E-state index in [0.717, 1.165) is 6.42 Å². The molecular weight excluding hydrogens is 90.1 g/mol. The van der Waals surface area contributed by atoms with Gasteiger partial charge in [0.25, 0.3) is 0 Å². The molecule has 0 bridgehead atoms. The third-order valence-corrected chi connectivity index (χ3v) is 1.09. The number of ether oxygens (including phenoxy) is 1. The fourth-order valence-corrected chi connectivity index (χ4v) is 0.729. The van der Waals surface area contributed by atoms with Gasteiger partial charge in [-0.2, -0.15) is 0 Å². The molecule has 1 fully saturated rings. The molecule has 2 heteroatoms. The Labute approximate surface area is 43.6 Å². The number of hydrogen-bond acceptors (Lipinski definition) is 2. The molecule has 2 N–H and O–H groups in total. The Morgan fingerprint density at radius 1 is 1.86 bits per heavy atom. The van der Waals surface area contributed by atoms with Crippen molar-refractivity contribution in [2.75, 3.05) is 0 Å². The average molecular weight is 100 g/mol. The third kappa shape index (κ3) is 1.14. The minimum Gasteiger partial charge on any atom is -0.371 e. The summed E-state index contributed by atoms with van der Waals surface area (Å²) in [4.78, 5) is 0. The van der Waals surface area contributed by atoms with Crippen LogP contribution >= 0.6 is 0 Å². The van der Waals surface area contributed by atoms with Crippen molar-refractivity contribution in [3.63, 3.8) is 0 Å². The van der Waals surface area contributed by atoms with Crippen molar-refractivity contribution in [2.24, 2.45) is 5.73 Å². The third-order valence-electron chi connectivity index (χ3n) is 1.09. The van der Waals surface area contributed by atoms with Crippen molar-refractivity contribution in [2.45, 2.75) is 25.5 Å². The Morgan fingerprint density at radius 3 is 2.71 bits per heavy atom. The van der Waals surface area contributed by atoms with Crippen LogP contribution < -0.4 is 5.73 Å². The first-order valence-electron chi connectivity index (χ1n) is 2.53. The van der Waals surface area contributed by atoms with E-state index in [4.69, 9.17) is 10.5 Å². The highest BCUT2D eigenvalue weighted by atomic mass is 16.5. The van der Waals surface area contributed by atoms with Gasteiger partial charge in [0.15, 0.2) is 0 Å². The van der Waals surface area contributed by atoms with E-state index in [0.29, 0.717) is 6.10 Å². The molecule has 0 spiro atoms. The normalized spacial score (nSPS) is 42.0. The molecule has 7 heavy (non-hydrogen) atoms. The minimum atomic E-state index is 0.176. The molecule has 1 rings (SSSR count). The zero-order valence-electron chi connectivity index (χ0n) is 4.42. The molecule has 2 nitrogen and oxygen atoms in total. The van der Waals surface area contributed by atoms with Gasteiger partial charge in [-0.1, -0.05) is 0 Å². The molecule has 41 valence electrons. The van der Waals surface area contributed by atoms with Gasteiger partial charge in [-0.3, -0.25) is 0 Å². The van der Waals surface area contributed by atoms with Gasteiger partial charge >= 0.3 is 0 Å². The first-order valence-corrected chi connectivity index (χ1v) is 2.53. The van der Waals surface area contributed by atoms with Crippen LogP contribution in [0.15, 0.2) is 0 Å². The van der Waals surface area contributed by atoms with Crippen molar-refractivity contribution in [3.05, 3.63) is 6.61 Å². The first kappa shape index (κ1) is 5.06. The number of nitrogens with two attached hydrogens (primary N) is 1. The molecule has 2 atom stereocenters. The fourth-order valence-electron chi connectivity index (χ4n) is 0.729. The van der Waals surface area contributed by atoms with Crippen LogP contribution in [0.1, 0.15) is 13.3 Å². The molecule has 1 aliphatic heterocycles. The molecule has 0 amide bonds. The second-order valence-electron chi connectivity index (χ2n) is 1.98. The van der Waals surface area contributed by atoms with Crippen molar-refractivity contribution in [1.29, 1.82) is 0 Å². The molecular formula is C5H10NO. The van der Waals surface area contributed by atoms with Crippen LogP contribution in [0.4, 0.5) is 0 Å². The van der Waals surface area contributed by atoms with Crippen molar-refractivity contribution >= 4 is 0 Å². The summed E-state index contributed by atoms with van der Waals surface area (Å²) in [5.74, 6) is 0. The van der Waals surface area contributed by atoms with Crippen molar-refractivity contribution in [3.8, 4) is 0 Å². The molecule has 1 aliphatic rings. The summed E-state index contributed by atoms with van der Waals surface area (Å²) in [6.07, 6.45) is 1.31. The van der Waals surface area contributed by atoms with Crippen LogP contribution in [-0.2, 0) is 4.74 Å². The quantitative estimate of drug-likeness (QED) is 0.474. The summed E-state index contributed by atoms with van der Waals surface area (Å²) in [6, 6.07) is 0.176. The average Bonchev–Trinajstić information content (AvgIpc) is 1.87. The molecule has 2 unspecified atom stereocenters. The van der Waals surface area contributed by atoms with E-state index in [9.17, 15) is 0 Å². The fraction of sp³-hybridized carbons (Fsp3) is 0.800. The standard InChI is InChI=1S/C5H10NO/c1-4-2-5(6)3-7-4/h3-5H,2,6H2,1H3. The van der Waals surface area contributed by atoms with E-state index >= 15 is 0 Å². The number of rotatable bonds is 0. The lowest BCUT2D eigenvalue weighted by molar-refractivity contribution is 0.170. The predicted molar refractivity (Wildman–Crippen MR) is 27.4 cm³/mol.